The van der Waals surface area contributed by atoms with Gasteiger partial charge in [-0.3, -0.25) is 0 Å². The van der Waals surface area contributed by atoms with Gasteiger partial charge in [0.25, 0.3) is 0 Å². The maximum absolute atomic E-state index is 5.90. The molecule has 0 fully saturated rings. The van der Waals surface area contributed by atoms with Gasteiger partial charge < -0.3 is 14.8 Å². The number of hydrogen-bond acceptors (Lipinski definition) is 3. The molecule has 0 amide bonds. The zero-order chi connectivity index (χ0) is 19.5. The number of rotatable bonds is 12. The Bertz CT molecular complexity index is 613. The molecule has 0 saturated heterocycles. The van der Waals surface area contributed by atoms with Crippen LogP contribution < -0.4 is 14.8 Å². The lowest BCUT2D eigenvalue weighted by atomic mass is 10.0. The van der Waals surface area contributed by atoms with Crippen molar-refractivity contribution in [3.05, 3.63) is 59.7 Å². The van der Waals surface area contributed by atoms with Crippen molar-refractivity contribution in [3.8, 4) is 11.5 Å². The van der Waals surface area contributed by atoms with Gasteiger partial charge in [-0.25, -0.2) is 0 Å². The Labute approximate surface area is 165 Å². The van der Waals surface area contributed by atoms with Crippen LogP contribution in [0.25, 0.3) is 0 Å². The first kappa shape index (κ1) is 21.3. The predicted molar refractivity (Wildman–Crippen MR) is 114 cm³/mol. The van der Waals surface area contributed by atoms with Gasteiger partial charge in [-0.1, -0.05) is 50.2 Å². The van der Waals surface area contributed by atoms with Crippen molar-refractivity contribution in [1.82, 2.24) is 5.32 Å². The van der Waals surface area contributed by atoms with Crippen LogP contribution in [0, 0.1) is 0 Å². The Balaban J connectivity index is 1.92. The van der Waals surface area contributed by atoms with Crippen LogP contribution in [-0.4, -0.2) is 25.3 Å². The van der Waals surface area contributed by atoms with Gasteiger partial charge in [-0.2, -0.15) is 0 Å². The topological polar surface area (TPSA) is 30.5 Å². The van der Waals surface area contributed by atoms with Crippen molar-refractivity contribution in [2.45, 2.75) is 65.5 Å². The van der Waals surface area contributed by atoms with E-state index in [-0.39, 0.29) is 0 Å². The quantitative estimate of drug-likeness (QED) is 0.542. The molecule has 0 radical (unpaired) electrons. The van der Waals surface area contributed by atoms with E-state index in [1.165, 1.54) is 11.1 Å². The highest BCUT2D eigenvalue weighted by Gasteiger charge is 2.13. The Hall–Kier alpha value is -2.00. The van der Waals surface area contributed by atoms with Gasteiger partial charge in [0.05, 0.1) is 13.2 Å². The van der Waals surface area contributed by atoms with Gasteiger partial charge in [0, 0.05) is 12.1 Å². The molecule has 2 rings (SSSR count). The first-order chi connectivity index (χ1) is 13.1. The fourth-order valence-electron chi connectivity index (χ4n) is 3.31. The van der Waals surface area contributed by atoms with E-state index >= 15 is 0 Å². The predicted octanol–water partition coefficient (Wildman–Crippen LogP) is 5.42. The number of benzene rings is 2. The molecule has 2 aromatic rings. The first-order valence-electron chi connectivity index (χ1n) is 10.3. The largest absolute Gasteiger partial charge is 0.493 e. The third-order valence-electron chi connectivity index (χ3n) is 4.49. The summed E-state index contributed by atoms with van der Waals surface area (Å²) in [6.07, 6.45) is 3.97. The van der Waals surface area contributed by atoms with Gasteiger partial charge in [-0.15, -0.1) is 0 Å². The van der Waals surface area contributed by atoms with Crippen LogP contribution >= 0.6 is 0 Å². The summed E-state index contributed by atoms with van der Waals surface area (Å²) in [5.41, 5.74) is 2.54. The van der Waals surface area contributed by atoms with Crippen LogP contribution in [0.2, 0.25) is 0 Å². The Morgan fingerprint density at radius 3 is 1.52 bits per heavy atom. The molecule has 2 unspecified atom stereocenters. The van der Waals surface area contributed by atoms with Crippen LogP contribution in [-0.2, 0) is 12.8 Å². The van der Waals surface area contributed by atoms with Crippen molar-refractivity contribution in [1.29, 1.82) is 0 Å². The van der Waals surface area contributed by atoms with Gasteiger partial charge in [0.1, 0.15) is 11.5 Å². The third kappa shape index (κ3) is 7.26. The van der Waals surface area contributed by atoms with Gasteiger partial charge >= 0.3 is 0 Å². The average molecular weight is 370 g/mol. The molecule has 0 spiro atoms. The van der Waals surface area contributed by atoms with Crippen molar-refractivity contribution < 1.29 is 9.47 Å². The summed E-state index contributed by atoms with van der Waals surface area (Å²) in [5, 5.41) is 3.73. The molecule has 148 valence electrons. The Kier molecular flexibility index (Phi) is 9.20. The van der Waals surface area contributed by atoms with E-state index in [0.29, 0.717) is 12.1 Å². The number of ether oxygens (including phenoxy) is 2. The molecule has 2 atom stereocenters. The van der Waals surface area contributed by atoms with E-state index in [9.17, 15) is 0 Å². The molecule has 0 saturated carbocycles. The van der Waals surface area contributed by atoms with Crippen molar-refractivity contribution >= 4 is 0 Å². The second-order valence-electron chi connectivity index (χ2n) is 7.29. The molecule has 0 aliphatic heterocycles. The fraction of sp³-hybridized carbons (Fsp3) is 0.500. The van der Waals surface area contributed by atoms with E-state index in [1.54, 1.807) is 0 Å². The molecular weight excluding hydrogens is 334 g/mol. The molecule has 2 aromatic carbocycles. The minimum atomic E-state index is 0.370. The molecule has 0 bridgehead atoms. The number of hydrogen-bond donors (Lipinski definition) is 1. The van der Waals surface area contributed by atoms with E-state index in [2.05, 4.69) is 69.4 Å². The average Bonchev–Trinajstić information content (AvgIpc) is 2.66. The van der Waals surface area contributed by atoms with Crippen LogP contribution in [0.5, 0.6) is 11.5 Å². The van der Waals surface area contributed by atoms with Crippen molar-refractivity contribution in [2.24, 2.45) is 0 Å². The molecule has 3 heteroatoms. The second-order valence-corrected chi connectivity index (χ2v) is 7.29. The lowest BCUT2D eigenvalue weighted by Gasteiger charge is -2.22. The lowest BCUT2D eigenvalue weighted by Crippen LogP contribution is -2.37. The second kappa shape index (κ2) is 11.7. The van der Waals surface area contributed by atoms with Crippen molar-refractivity contribution in [3.63, 3.8) is 0 Å². The first-order valence-corrected chi connectivity index (χ1v) is 10.3. The molecule has 3 nitrogen and oxygen atoms in total. The third-order valence-corrected chi connectivity index (χ3v) is 4.49. The highest BCUT2D eigenvalue weighted by Crippen LogP contribution is 2.22. The molecule has 0 aliphatic rings. The normalized spacial score (nSPS) is 13.2. The maximum atomic E-state index is 5.90. The standard InChI is InChI=1S/C24H35NO2/c1-5-15-26-23-13-9-7-11-21(23)17-19(3)25-20(4)18-22-12-8-10-14-24(22)27-16-6-2/h7-14,19-20,25H,5-6,15-18H2,1-4H3. The van der Waals surface area contributed by atoms with Crippen LogP contribution in [0.15, 0.2) is 48.5 Å². The molecular formula is C24H35NO2. The summed E-state index contributed by atoms with van der Waals surface area (Å²) in [4.78, 5) is 0. The molecule has 0 aromatic heterocycles. The highest BCUT2D eigenvalue weighted by molar-refractivity contribution is 5.35. The summed E-state index contributed by atoms with van der Waals surface area (Å²) in [5.74, 6) is 2.03. The number of para-hydroxylation sites is 2. The molecule has 0 heterocycles. The lowest BCUT2D eigenvalue weighted by molar-refractivity contribution is 0.311. The number of nitrogens with one attached hydrogen (secondary N) is 1. The van der Waals surface area contributed by atoms with Crippen LogP contribution in [0.3, 0.4) is 0 Å². The van der Waals surface area contributed by atoms with Crippen LogP contribution in [0.1, 0.15) is 51.7 Å². The van der Waals surface area contributed by atoms with Gasteiger partial charge in [0.15, 0.2) is 0 Å². The molecule has 0 aliphatic carbocycles. The van der Waals surface area contributed by atoms with E-state index < -0.39 is 0 Å². The molecule has 27 heavy (non-hydrogen) atoms. The SMILES string of the molecule is CCCOc1ccccc1CC(C)NC(C)Cc1ccccc1OCCC. The van der Waals surface area contributed by atoms with Crippen LogP contribution in [0.4, 0.5) is 0 Å². The summed E-state index contributed by atoms with van der Waals surface area (Å²) in [6, 6.07) is 17.5. The monoisotopic (exact) mass is 369 g/mol. The zero-order valence-corrected chi connectivity index (χ0v) is 17.3. The smallest absolute Gasteiger partial charge is 0.122 e. The Morgan fingerprint density at radius 2 is 1.11 bits per heavy atom. The van der Waals surface area contributed by atoms with E-state index in [1.807, 2.05) is 12.1 Å². The van der Waals surface area contributed by atoms with E-state index in [4.69, 9.17) is 9.47 Å². The zero-order valence-electron chi connectivity index (χ0n) is 17.3. The van der Waals surface area contributed by atoms with Crippen molar-refractivity contribution in [2.75, 3.05) is 13.2 Å². The minimum absolute atomic E-state index is 0.370. The fourth-order valence-corrected chi connectivity index (χ4v) is 3.31. The summed E-state index contributed by atoms with van der Waals surface area (Å²) in [6.45, 7) is 10.3. The summed E-state index contributed by atoms with van der Waals surface area (Å²) >= 11 is 0. The Morgan fingerprint density at radius 1 is 0.704 bits per heavy atom. The summed E-state index contributed by atoms with van der Waals surface area (Å²) in [7, 11) is 0. The van der Waals surface area contributed by atoms with Gasteiger partial charge in [0.2, 0.25) is 0 Å². The minimum Gasteiger partial charge on any atom is -0.493 e. The van der Waals surface area contributed by atoms with Gasteiger partial charge in [-0.05, 0) is 62.8 Å². The molecule has 1 N–H and O–H groups in total. The maximum Gasteiger partial charge on any atom is 0.122 e. The highest BCUT2D eigenvalue weighted by atomic mass is 16.5. The summed E-state index contributed by atoms with van der Waals surface area (Å²) < 4.78 is 11.8. The van der Waals surface area contributed by atoms with E-state index in [0.717, 1.165) is 50.4 Å².